The fraction of sp³-hybridized carbons (Fsp3) is 0.367. The number of rotatable bonds is 6. The van der Waals surface area contributed by atoms with E-state index in [-0.39, 0.29) is 12.1 Å². The summed E-state index contributed by atoms with van der Waals surface area (Å²) in [6.45, 7) is 2.81. The number of cyclic esters (lactones) is 1. The van der Waals surface area contributed by atoms with Gasteiger partial charge in [0.2, 0.25) is 0 Å². The molecule has 178 valence electrons. The van der Waals surface area contributed by atoms with E-state index in [1.165, 1.54) is 12.8 Å². The number of carbonyl (C=O) groups excluding carboxylic acids is 1. The van der Waals surface area contributed by atoms with E-state index in [0.29, 0.717) is 30.3 Å². The number of hydrogen-bond acceptors (Lipinski definition) is 4. The molecule has 0 radical (unpaired) electrons. The Kier molecular flexibility index (Phi) is 8.61. The first-order valence-corrected chi connectivity index (χ1v) is 12.4. The predicted molar refractivity (Wildman–Crippen MR) is 134 cm³/mol. The number of fused-ring (bicyclic) bond motifs is 1. The Hall–Kier alpha value is -3.27. The van der Waals surface area contributed by atoms with Crippen LogP contribution in [0.25, 0.3) is 0 Å². The summed E-state index contributed by atoms with van der Waals surface area (Å²) < 4.78 is 18.2. The Bertz CT molecular complexity index is 1050. The van der Waals surface area contributed by atoms with E-state index in [1.54, 1.807) is 0 Å². The number of hydrogen-bond donors (Lipinski definition) is 0. The van der Waals surface area contributed by atoms with Crippen molar-refractivity contribution < 1.29 is 19.0 Å². The van der Waals surface area contributed by atoms with Gasteiger partial charge in [-0.25, -0.2) is 4.79 Å². The van der Waals surface area contributed by atoms with E-state index >= 15 is 0 Å². The van der Waals surface area contributed by atoms with Gasteiger partial charge < -0.3 is 14.2 Å². The maximum absolute atomic E-state index is 13.3. The molecule has 4 heteroatoms. The Morgan fingerprint density at radius 2 is 1.41 bits per heavy atom. The predicted octanol–water partition coefficient (Wildman–Crippen LogP) is 7.29. The second-order valence-electron chi connectivity index (χ2n) is 9.03. The molecule has 0 unspecified atom stereocenters. The Morgan fingerprint density at radius 1 is 0.794 bits per heavy atom. The molecule has 0 fully saturated rings. The molecule has 3 aromatic rings. The smallest absolute Gasteiger partial charge is 0.342 e. The molecule has 0 aliphatic carbocycles. The van der Waals surface area contributed by atoms with Crippen molar-refractivity contribution in [3.8, 4) is 11.5 Å². The number of ether oxygens (including phenoxy) is 3. The molecule has 0 N–H and O–H groups in total. The van der Waals surface area contributed by atoms with Gasteiger partial charge in [0.15, 0.2) is 0 Å². The van der Waals surface area contributed by atoms with Gasteiger partial charge in [-0.15, -0.1) is 0 Å². The van der Waals surface area contributed by atoms with Crippen LogP contribution < -0.4 is 9.47 Å². The van der Waals surface area contributed by atoms with Gasteiger partial charge in [0.25, 0.3) is 0 Å². The van der Waals surface area contributed by atoms with Gasteiger partial charge in [0, 0.05) is 6.07 Å². The lowest BCUT2D eigenvalue weighted by Gasteiger charge is -2.20. The maximum atomic E-state index is 13.3. The Morgan fingerprint density at radius 3 is 2.12 bits per heavy atom. The average Bonchev–Trinajstić information content (AvgIpc) is 2.86. The van der Waals surface area contributed by atoms with Gasteiger partial charge in [-0.3, -0.25) is 0 Å². The summed E-state index contributed by atoms with van der Waals surface area (Å²) in [7, 11) is 0. The fourth-order valence-corrected chi connectivity index (χ4v) is 4.33. The van der Waals surface area contributed by atoms with Crippen LogP contribution in [-0.2, 0) is 24.4 Å². The van der Waals surface area contributed by atoms with Gasteiger partial charge in [-0.05, 0) is 55.4 Å². The molecule has 0 bridgehead atoms. The van der Waals surface area contributed by atoms with E-state index in [9.17, 15) is 4.79 Å². The summed E-state index contributed by atoms with van der Waals surface area (Å²) in [5.41, 5.74) is 3.61. The minimum Gasteiger partial charge on any atom is -0.489 e. The summed E-state index contributed by atoms with van der Waals surface area (Å²) in [6, 6.07) is 23.9. The van der Waals surface area contributed by atoms with Crippen molar-refractivity contribution in [1.29, 1.82) is 0 Å². The zero-order valence-corrected chi connectivity index (χ0v) is 20.0. The van der Waals surface area contributed by atoms with Crippen LogP contribution in [0.15, 0.2) is 72.8 Å². The molecular formula is C30H34O4. The fourth-order valence-electron chi connectivity index (χ4n) is 4.33. The molecule has 1 heterocycles. The van der Waals surface area contributed by atoms with Gasteiger partial charge in [0.1, 0.15) is 30.3 Å². The molecular weight excluding hydrogens is 424 g/mol. The highest BCUT2D eigenvalue weighted by atomic mass is 16.5. The monoisotopic (exact) mass is 458 g/mol. The molecule has 1 aliphatic rings. The number of benzene rings is 3. The SMILES string of the molecule is C[C@@H]1CCCCCCCc2cc(OCc3ccccc3)cc(OCc3ccccc3)c2C(=O)O1. The lowest BCUT2D eigenvalue weighted by molar-refractivity contribution is 0.0312. The molecule has 1 atom stereocenters. The second kappa shape index (κ2) is 12.3. The second-order valence-corrected chi connectivity index (χ2v) is 9.03. The van der Waals surface area contributed by atoms with Crippen molar-refractivity contribution in [3.05, 3.63) is 95.1 Å². The first kappa shape index (κ1) is 23.9. The van der Waals surface area contributed by atoms with Crippen LogP contribution in [0.3, 0.4) is 0 Å². The molecule has 34 heavy (non-hydrogen) atoms. The Balaban J connectivity index is 1.65. The van der Waals surface area contributed by atoms with Gasteiger partial charge in [-0.2, -0.15) is 0 Å². The van der Waals surface area contributed by atoms with E-state index in [0.717, 1.165) is 48.8 Å². The van der Waals surface area contributed by atoms with E-state index < -0.39 is 0 Å². The summed E-state index contributed by atoms with van der Waals surface area (Å²) in [5, 5.41) is 0. The summed E-state index contributed by atoms with van der Waals surface area (Å²) >= 11 is 0. The van der Waals surface area contributed by atoms with Crippen LogP contribution in [0.2, 0.25) is 0 Å². The first-order chi connectivity index (χ1) is 16.7. The Labute approximate surface area is 202 Å². The molecule has 0 aromatic heterocycles. The molecule has 1 aliphatic heterocycles. The normalized spacial score (nSPS) is 17.0. The summed E-state index contributed by atoms with van der Waals surface area (Å²) in [5.74, 6) is 0.929. The van der Waals surface area contributed by atoms with E-state index in [4.69, 9.17) is 14.2 Å². The zero-order chi connectivity index (χ0) is 23.6. The number of aryl methyl sites for hydroxylation is 1. The van der Waals surface area contributed by atoms with Crippen molar-refractivity contribution in [1.82, 2.24) is 0 Å². The summed E-state index contributed by atoms with van der Waals surface area (Å²) in [6.07, 6.45) is 7.22. The van der Waals surface area contributed by atoms with Crippen molar-refractivity contribution in [2.75, 3.05) is 0 Å². The minimum atomic E-state index is -0.305. The van der Waals surface area contributed by atoms with Gasteiger partial charge in [0.05, 0.1) is 6.10 Å². The third-order valence-electron chi connectivity index (χ3n) is 6.21. The molecule has 4 rings (SSSR count). The van der Waals surface area contributed by atoms with E-state index in [1.807, 2.05) is 79.7 Å². The molecule has 0 spiro atoms. The van der Waals surface area contributed by atoms with Crippen LogP contribution >= 0.6 is 0 Å². The quantitative estimate of drug-likeness (QED) is 0.364. The number of esters is 1. The third kappa shape index (κ3) is 6.86. The molecule has 0 saturated heterocycles. The van der Waals surface area contributed by atoms with E-state index in [2.05, 4.69) is 0 Å². The van der Waals surface area contributed by atoms with Crippen LogP contribution in [0, 0.1) is 0 Å². The average molecular weight is 459 g/mol. The number of carbonyl (C=O) groups is 1. The van der Waals surface area contributed by atoms with Crippen LogP contribution in [0.4, 0.5) is 0 Å². The lowest BCUT2D eigenvalue weighted by Crippen LogP contribution is -2.18. The standard InChI is InChI=1S/C30H34O4/c1-23-13-7-3-2-4-12-18-26-19-27(32-21-24-14-8-5-9-15-24)20-28(29(26)30(31)34-23)33-22-25-16-10-6-11-17-25/h5-6,8-11,14-17,19-20,23H,2-4,7,12-13,18,21-22H2,1H3/t23-/m1/s1. The summed E-state index contributed by atoms with van der Waals surface area (Å²) in [4.78, 5) is 13.3. The van der Waals surface area contributed by atoms with Crippen molar-refractivity contribution in [2.24, 2.45) is 0 Å². The molecule has 0 amide bonds. The van der Waals surface area contributed by atoms with Crippen molar-refractivity contribution >= 4 is 5.97 Å². The largest absolute Gasteiger partial charge is 0.489 e. The van der Waals surface area contributed by atoms with Crippen molar-refractivity contribution in [3.63, 3.8) is 0 Å². The molecule has 0 saturated carbocycles. The van der Waals surface area contributed by atoms with Crippen LogP contribution in [0.1, 0.15) is 72.5 Å². The third-order valence-corrected chi connectivity index (χ3v) is 6.21. The molecule has 3 aromatic carbocycles. The molecule has 4 nitrogen and oxygen atoms in total. The highest BCUT2D eigenvalue weighted by Crippen LogP contribution is 2.33. The highest BCUT2D eigenvalue weighted by Gasteiger charge is 2.23. The van der Waals surface area contributed by atoms with Crippen LogP contribution in [-0.4, -0.2) is 12.1 Å². The van der Waals surface area contributed by atoms with Crippen molar-refractivity contribution in [2.45, 2.75) is 71.2 Å². The minimum absolute atomic E-state index is 0.115. The van der Waals surface area contributed by atoms with Gasteiger partial charge in [-0.1, -0.05) is 79.9 Å². The van der Waals surface area contributed by atoms with Crippen LogP contribution in [0.5, 0.6) is 11.5 Å². The lowest BCUT2D eigenvalue weighted by atomic mass is 9.98. The zero-order valence-electron chi connectivity index (χ0n) is 20.0. The first-order valence-electron chi connectivity index (χ1n) is 12.4. The topological polar surface area (TPSA) is 44.8 Å². The van der Waals surface area contributed by atoms with Gasteiger partial charge >= 0.3 is 5.97 Å². The highest BCUT2D eigenvalue weighted by molar-refractivity contribution is 5.94. The maximum Gasteiger partial charge on any atom is 0.342 e.